The van der Waals surface area contributed by atoms with Crippen LogP contribution in [0.15, 0.2) is 0 Å². The minimum absolute atomic E-state index is 0.711. The van der Waals surface area contributed by atoms with Gasteiger partial charge < -0.3 is 5.32 Å². The van der Waals surface area contributed by atoms with Gasteiger partial charge in [0.05, 0.1) is 0 Å². The van der Waals surface area contributed by atoms with E-state index in [1.54, 1.807) is 0 Å². The number of hydrogen-bond donors (Lipinski definition) is 1. The average molecular weight is 197 g/mol. The molecule has 1 aliphatic rings. The molecule has 1 N–H and O–H groups in total. The van der Waals surface area contributed by atoms with Crippen molar-refractivity contribution in [1.82, 2.24) is 5.32 Å². The second-order valence-corrected chi connectivity index (χ2v) is 5.55. The van der Waals surface area contributed by atoms with Crippen LogP contribution < -0.4 is 5.32 Å². The van der Waals surface area contributed by atoms with Crippen molar-refractivity contribution in [3.05, 3.63) is 0 Å². The Morgan fingerprint density at radius 1 is 1.14 bits per heavy atom. The summed E-state index contributed by atoms with van der Waals surface area (Å²) in [6.45, 7) is 9.35. The van der Waals surface area contributed by atoms with E-state index in [9.17, 15) is 0 Å². The normalized spacial score (nSPS) is 29.8. The van der Waals surface area contributed by atoms with Gasteiger partial charge in [0.15, 0.2) is 0 Å². The van der Waals surface area contributed by atoms with E-state index in [4.69, 9.17) is 0 Å². The van der Waals surface area contributed by atoms with Crippen molar-refractivity contribution >= 4 is 0 Å². The Morgan fingerprint density at radius 3 is 2.36 bits per heavy atom. The molecule has 1 rings (SSSR count). The third kappa shape index (κ3) is 4.00. The summed E-state index contributed by atoms with van der Waals surface area (Å²) in [6.07, 6.45) is 6.94. The minimum atomic E-state index is 0.711. The molecule has 3 unspecified atom stereocenters. The summed E-state index contributed by atoms with van der Waals surface area (Å²) in [5.74, 6) is 1.75. The summed E-state index contributed by atoms with van der Waals surface area (Å²) in [6, 6.07) is 1.51. The molecule has 1 heteroatoms. The topological polar surface area (TPSA) is 12.0 Å². The van der Waals surface area contributed by atoms with Gasteiger partial charge in [-0.1, -0.05) is 27.2 Å². The quantitative estimate of drug-likeness (QED) is 0.710. The fraction of sp³-hybridized carbons (Fsp3) is 1.00. The highest BCUT2D eigenvalue weighted by Crippen LogP contribution is 2.25. The summed E-state index contributed by atoms with van der Waals surface area (Å²) in [4.78, 5) is 0. The van der Waals surface area contributed by atoms with Gasteiger partial charge in [0.25, 0.3) is 0 Å². The molecule has 1 nitrogen and oxygen atoms in total. The van der Waals surface area contributed by atoms with Gasteiger partial charge in [-0.2, -0.15) is 0 Å². The Balaban J connectivity index is 2.16. The van der Waals surface area contributed by atoms with Gasteiger partial charge in [0.1, 0.15) is 0 Å². The van der Waals surface area contributed by atoms with E-state index in [0.717, 1.165) is 17.9 Å². The predicted molar refractivity (Wildman–Crippen MR) is 63.5 cm³/mol. The van der Waals surface area contributed by atoms with Gasteiger partial charge in [0, 0.05) is 12.1 Å². The zero-order valence-electron chi connectivity index (χ0n) is 10.3. The lowest BCUT2D eigenvalue weighted by atomic mass is 10.0. The van der Waals surface area contributed by atoms with E-state index in [1.165, 1.54) is 32.1 Å². The first-order chi connectivity index (χ1) is 6.59. The van der Waals surface area contributed by atoms with E-state index < -0.39 is 0 Å². The summed E-state index contributed by atoms with van der Waals surface area (Å²) < 4.78 is 0. The fourth-order valence-electron chi connectivity index (χ4n) is 2.43. The van der Waals surface area contributed by atoms with E-state index in [-0.39, 0.29) is 0 Å². The van der Waals surface area contributed by atoms with Gasteiger partial charge >= 0.3 is 0 Å². The molecule has 0 aromatic carbocycles. The molecule has 1 saturated carbocycles. The van der Waals surface area contributed by atoms with Crippen molar-refractivity contribution in [1.29, 1.82) is 0 Å². The monoisotopic (exact) mass is 197 g/mol. The van der Waals surface area contributed by atoms with Crippen molar-refractivity contribution in [2.75, 3.05) is 0 Å². The summed E-state index contributed by atoms with van der Waals surface area (Å²) in [7, 11) is 0. The van der Waals surface area contributed by atoms with Crippen LogP contribution >= 0.6 is 0 Å². The van der Waals surface area contributed by atoms with Crippen molar-refractivity contribution < 1.29 is 0 Å². The molecule has 0 saturated heterocycles. The summed E-state index contributed by atoms with van der Waals surface area (Å²) >= 11 is 0. The first kappa shape index (κ1) is 12.0. The first-order valence-corrected chi connectivity index (χ1v) is 6.35. The maximum Gasteiger partial charge on any atom is 0.00951 e. The SMILES string of the molecule is CC(C)CCC(C)NC1CCCC1C. The molecule has 3 atom stereocenters. The van der Waals surface area contributed by atoms with Crippen LogP contribution in [0.2, 0.25) is 0 Å². The van der Waals surface area contributed by atoms with E-state index in [0.29, 0.717) is 6.04 Å². The molecule has 0 aromatic heterocycles. The minimum Gasteiger partial charge on any atom is -0.311 e. The smallest absolute Gasteiger partial charge is 0.00951 e. The largest absolute Gasteiger partial charge is 0.311 e. The lowest BCUT2D eigenvalue weighted by Gasteiger charge is -2.23. The Bertz CT molecular complexity index is 153. The molecule has 0 heterocycles. The van der Waals surface area contributed by atoms with Crippen molar-refractivity contribution in [2.45, 2.75) is 71.9 Å². The van der Waals surface area contributed by atoms with Crippen molar-refractivity contribution in [3.63, 3.8) is 0 Å². The highest BCUT2D eigenvalue weighted by Gasteiger charge is 2.23. The molecule has 1 fully saturated rings. The summed E-state index contributed by atoms with van der Waals surface area (Å²) in [5.41, 5.74) is 0. The molecular formula is C13H27N. The van der Waals surface area contributed by atoms with Crippen LogP contribution in [0.5, 0.6) is 0 Å². The van der Waals surface area contributed by atoms with Crippen LogP contribution in [0.3, 0.4) is 0 Å². The van der Waals surface area contributed by atoms with Crippen molar-refractivity contribution in [3.8, 4) is 0 Å². The lowest BCUT2D eigenvalue weighted by molar-refractivity contribution is 0.357. The second-order valence-electron chi connectivity index (χ2n) is 5.55. The molecule has 0 aromatic rings. The highest BCUT2D eigenvalue weighted by atomic mass is 15.0. The van der Waals surface area contributed by atoms with Crippen molar-refractivity contribution in [2.24, 2.45) is 11.8 Å². The maximum atomic E-state index is 3.78. The maximum absolute atomic E-state index is 3.78. The Morgan fingerprint density at radius 2 is 1.86 bits per heavy atom. The molecule has 14 heavy (non-hydrogen) atoms. The van der Waals surface area contributed by atoms with Crippen LogP contribution in [0.4, 0.5) is 0 Å². The van der Waals surface area contributed by atoms with Gasteiger partial charge in [-0.25, -0.2) is 0 Å². The molecule has 0 aliphatic heterocycles. The van der Waals surface area contributed by atoms with E-state index >= 15 is 0 Å². The molecule has 0 radical (unpaired) electrons. The molecule has 1 aliphatic carbocycles. The number of nitrogens with one attached hydrogen (secondary N) is 1. The fourth-order valence-corrected chi connectivity index (χ4v) is 2.43. The lowest BCUT2D eigenvalue weighted by Crippen LogP contribution is -2.38. The third-order valence-electron chi connectivity index (χ3n) is 3.54. The van der Waals surface area contributed by atoms with Crippen LogP contribution in [-0.2, 0) is 0 Å². The Kier molecular flexibility index (Phi) is 4.94. The predicted octanol–water partition coefficient (Wildman–Crippen LogP) is 3.59. The zero-order chi connectivity index (χ0) is 10.6. The number of rotatable bonds is 5. The van der Waals surface area contributed by atoms with Crippen LogP contribution in [0, 0.1) is 11.8 Å². The number of hydrogen-bond acceptors (Lipinski definition) is 1. The third-order valence-corrected chi connectivity index (χ3v) is 3.54. The zero-order valence-corrected chi connectivity index (χ0v) is 10.3. The van der Waals surface area contributed by atoms with Crippen LogP contribution in [0.25, 0.3) is 0 Å². The molecular weight excluding hydrogens is 170 g/mol. The summed E-state index contributed by atoms with van der Waals surface area (Å²) in [5, 5.41) is 3.78. The first-order valence-electron chi connectivity index (χ1n) is 6.35. The molecule has 84 valence electrons. The second kappa shape index (κ2) is 5.75. The molecule has 0 spiro atoms. The van der Waals surface area contributed by atoms with Gasteiger partial charge in [0.2, 0.25) is 0 Å². The van der Waals surface area contributed by atoms with Crippen LogP contribution in [0.1, 0.15) is 59.8 Å². The van der Waals surface area contributed by atoms with Gasteiger partial charge in [-0.05, 0) is 44.4 Å². The van der Waals surface area contributed by atoms with E-state index in [1.807, 2.05) is 0 Å². The van der Waals surface area contributed by atoms with Crippen LogP contribution in [-0.4, -0.2) is 12.1 Å². The average Bonchev–Trinajstić information content (AvgIpc) is 2.49. The van der Waals surface area contributed by atoms with Gasteiger partial charge in [-0.15, -0.1) is 0 Å². The Hall–Kier alpha value is -0.0400. The molecule has 0 amide bonds. The van der Waals surface area contributed by atoms with Gasteiger partial charge in [-0.3, -0.25) is 0 Å². The molecule has 0 bridgehead atoms. The highest BCUT2D eigenvalue weighted by molar-refractivity contribution is 4.82. The van der Waals surface area contributed by atoms with E-state index in [2.05, 4.69) is 33.0 Å². The Labute approximate surface area is 89.7 Å². The standard InChI is InChI=1S/C13H27N/c1-10(2)8-9-12(4)14-13-7-5-6-11(13)3/h10-14H,5-9H2,1-4H3.